The van der Waals surface area contributed by atoms with E-state index in [1.165, 1.54) is 12.1 Å². The zero-order chi connectivity index (χ0) is 11.4. The number of nitrogens with one attached hydrogen (secondary N) is 1. The van der Waals surface area contributed by atoms with Crippen LogP contribution >= 0.6 is 0 Å². The average Bonchev–Trinajstić information content (AvgIpc) is 2.34. The van der Waals surface area contributed by atoms with Gasteiger partial charge < -0.3 is 5.32 Å². The summed E-state index contributed by atoms with van der Waals surface area (Å²) in [5, 5.41) is 3.11. The van der Waals surface area contributed by atoms with Crippen molar-refractivity contribution in [3.8, 4) is 0 Å². The summed E-state index contributed by atoms with van der Waals surface area (Å²) >= 11 is 0. The first-order valence-electron chi connectivity index (χ1n) is 5.01. The molecule has 1 atom stereocenters. The molecule has 4 heteroatoms. The van der Waals surface area contributed by atoms with E-state index in [-0.39, 0.29) is 11.9 Å². The molecule has 1 N–H and O–H groups in total. The highest BCUT2D eigenvalue weighted by Crippen LogP contribution is 2.17. The van der Waals surface area contributed by atoms with Crippen LogP contribution in [-0.4, -0.2) is 17.0 Å². The highest BCUT2D eigenvalue weighted by molar-refractivity contribution is 5.24. The van der Waals surface area contributed by atoms with Gasteiger partial charge in [-0.1, -0.05) is 12.1 Å². The minimum absolute atomic E-state index is 0.109. The van der Waals surface area contributed by atoms with E-state index in [1.54, 1.807) is 30.6 Å². The Balaban J connectivity index is 2.33. The molecule has 2 rings (SSSR count). The number of halogens is 1. The minimum atomic E-state index is -0.243. The second-order valence-electron chi connectivity index (χ2n) is 3.38. The molecular formula is C12H12FN3. The first-order valence-corrected chi connectivity index (χ1v) is 5.01. The van der Waals surface area contributed by atoms with Crippen LogP contribution in [0.2, 0.25) is 0 Å². The van der Waals surface area contributed by atoms with Crippen molar-refractivity contribution in [2.45, 2.75) is 6.04 Å². The summed E-state index contributed by atoms with van der Waals surface area (Å²) in [6.45, 7) is 0. The first kappa shape index (κ1) is 10.7. The zero-order valence-electron chi connectivity index (χ0n) is 8.89. The van der Waals surface area contributed by atoms with E-state index in [0.29, 0.717) is 5.82 Å². The van der Waals surface area contributed by atoms with Crippen molar-refractivity contribution in [3.63, 3.8) is 0 Å². The third-order valence-electron chi connectivity index (χ3n) is 2.34. The third kappa shape index (κ3) is 2.23. The number of nitrogens with zero attached hydrogens (tertiary/aromatic N) is 2. The molecule has 1 heterocycles. The topological polar surface area (TPSA) is 37.8 Å². The lowest BCUT2D eigenvalue weighted by atomic mass is 10.1. The summed E-state index contributed by atoms with van der Waals surface area (Å²) < 4.78 is 12.8. The second kappa shape index (κ2) is 4.81. The Labute approximate surface area is 93.4 Å². The monoisotopic (exact) mass is 217 g/mol. The summed E-state index contributed by atoms with van der Waals surface area (Å²) in [6, 6.07) is 7.98. The smallest absolute Gasteiger partial charge is 0.149 e. The number of hydrogen-bond donors (Lipinski definition) is 1. The Kier molecular flexibility index (Phi) is 3.22. The normalized spacial score (nSPS) is 12.4. The van der Waals surface area contributed by atoms with Crippen LogP contribution in [0.4, 0.5) is 4.39 Å². The molecule has 0 aliphatic rings. The standard InChI is InChI=1S/C12H12FN3/c1-14-11(12-15-7-2-8-16-12)9-3-5-10(13)6-4-9/h2-8,11,14H,1H3. The number of benzene rings is 1. The molecule has 0 aliphatic heterocycles. The van der Waals surface area contributed by atoms with Gasteiger partial charge in [0.05, 0.1) is 6.04 Å². The van der Waals surface area contributed by atoms with Crippen molar-refractivity contribution in [1.29, 1.82) is 0 Å². The van der Waals surface area contributed by atoms with Crippen LogP contribution in [0, 0.1) is 5.82 Å². The molecule has 1 aromatic heterocycles. The highest BCUT2D eigenvalue weighted by atomic mass is 19.1. The van der Waals surface area contributed by atoms with Crippen LogP contribution in [-0.2, 0) is 0 Å². The predicted molar refractivity (Wildman–Crippen MR) is 59.3 cm³/mol. The van der Waals surface area contributed by atoms with Crippen LogP contribution in [0.3, 0.4) is 0 Å². The minimum Gasteiger partial charge on any atom is -0.307 e. The van der Waals surface area contributed by atoms with Crippen molar-refractivity contribution in [2.24, 2.45) is 0 Å². The van der Waals surface area contributed by atoms with Gasteiger partial charge in [-0.05, 0) is 30.8 Å². The van der Waals surface area contributed by atoms with Crippen molar-refractivity contribution in [2.75, 3.05) is 7.05 Å². The van der Waals surface area contributed by atoms with Gasteiger partial charge in [0.25, 0.3) is 0 Å². The van der Waals surface area contributed by atoms with Crippen molar-refractivity contribution >= 4 is 0 Å². The summed E-state index contributed by atoms with van der Waals surface area (Å²) in [5.74, 6) is 0.434. The van der Waals surface area contributed by atoms with Gasteiger partial charge in [0.2, 0.25) is 0 Å². The molecule has 0 spiro atoms. The maximum Gasteiger partial charge on any atom is 0.149 e. The summed E-state index contributed by atoms with van der Waals surface area (Å²) in [5.41, 5.74) is 0.940. The lowest BCUT2D eigenvalue weighted by molar-refractivity contribution is 0.618. The molecule has 1 unspecified atom stereocenters. The van der Waals surface area contributed by atoms with Gasteiger partial charge in [0.1, 0.15) is 11.6 Å². The van der Waals surface area contributed by atoms with Gasteiger partial charge in [-0.3, -0.25) is 0 Å². The van der Waals surface area contributed by atoms with Crippen LogP contribution in [0.25, 0.3) is 0 Å². The van der Waals surface area contributed by atoms with E-state index in [4.69, 9.17) is 0 Å². The fraction of sp³-hybridized carbons (Fsp3) is 0.167. The summed E-state index contributed by atoms with van der Waals surface area (Å²) in [6.07, 6.45) is 3.38. The molecule has 82 valence electrons. The van der Waals surface area contributed by atoms with E-state index < -0.39 is 0 Å². The lowest BCUT2D eigenvalue weighted by Crippen LogP contribution is -2.20. The molecule has 0 aliphatic carbocycles. The van der Waals surface area contributed by atoms with Gasteiger partial charge in [-0.25, -0.2) is 14.4 Å². The Morgan fingerprint density at radius 2 is 1.75 bits per heavy atom. The zero-order valence-corrected chi connectivity index (χ0v) is 8.89. The SMILES string of the molecule is CNC(c1ccc(F)cc1)c1ncccn1. The largest absolute Gasteiger partial charge is 0.307 e. The second-order valence-corrected chi connectivity index (χ2v) is 3.38. The molecule has 3 nitrogen and oxygen atoms in total. The Morgan fingerprint density at radius 1 is 1.12 bits per heavy atom. The molecule has 0 saturated carbocycles. The molecule has 0 bridgehead atoms. The lowest BCUT2D eigenvalue weighted by Gasteiger charge is -2.14. The van der Waals surface area contributed by atoms with Crippen LogP contribution in [0.1, 0.15) is 17.4 Å². The number of aromatic nitrogens is 2. The molecule has 0 fully saturated rings. The fourth-order valence-corrected chi connectivity index (χ4v) is 1.56. The van der Waals surface area contributed by atoms with E-state index in [0.717, 1.165) is 5.56 Å². The van der Waals surface area contributed by atoms with E-state index in [2.05, 4.69) is 15.3 Å². The van der Waals surface area contributed by atoms with Crippen molar-refractivity contribution in [1.82, 2.24) is 15.3 Å². The van der Waals surface area contributed by atoms with Gasteiger partial charge in [-0.2, -0.15) is 0 Å². The molecule has 1 aromatic carbocycles. The summed E-state index contributed by atoms with van der Waals surface area (Å²) in [7, 11) is 1.82. The first-order chi connectivity index (χ1) is 7.81. The number of rotatable bonds is 3. The molecule has 0 saturated heterocycles. The van der Waals surface area contributed by atoms with Gasteiger partial charge in [0.15, 0.2) is 0 Å². The van der Waals surface area contributed by atoms with Crippen LogP contribution in [0.5, 0.6) is 0 Å². The fourth-order valence-electron chi connectivity index (χ4n) is 1.56. The van der Waals surface area contributed by atoms with Gasteiger partial charge in [0, 0.05) is 12.4 Å². The molecule has 0 radical (unpaired) electrons. The summed E-state index contributed by atoms with van der Waals surface area (Å²) in [4.78, 5) is 8.36. The van der Waals surface area contributed by atoms with E-state index in [1.807, 2.05) is 7.05 Å². The van der Waals surface area contributed by atoms with E-state index >= 15 is 0 Å². The Bertz CT molecular complexity index is 442. The maximum atomic E-state index is 12.8. The Morgan fingerprint density at radius 3 is 2.31 bits per heavy atom. The highest BCUT2D eigenvalue weighted by Gasteiger charge is 2.13. The van der Waals surface area contributed by atoms with Crippen molar-refractivity contribution < 1.29 is 4.39 Å². The maximum absolute atomic E-state index is 12.8. The Hall–Kier alpha value is -1.81. The third-order valence-corrected chi connectivity index (χ3v) is 2.34. The molecular weight excluding hydrogens is 205 g/mol. The average molecular weight is 217 g/mol. The molecule has 0 amide bonds. The van der Waals surface area contributed by atoms with Gasteiger partial charge in [-0.15, -0.1) is 0 Å². The quantitative estimate of drug-likeness (QED) is 0.853. The van der Waals surface area contributed by atoms with Crippen molar-refractivity contribution in [3.05, 3.63) is 59.9 Å². The molecule has 2 aromatic rings. The van der Waals surface area contributed by atoms with E-state index in [9.17, 15) is 4.39 Å². The molecule has 16 heavy (non-hydrogen) atoms. The van der Waals surface area contributed by atoms with Gasteiger partial charge >= 0.3 is 0 Å². The van der Waals surface area contributed by atoms with Crippen LogP contribution in [0.15, 0.2) is 42.7 Å². The predicted octanol–water partition coefficient (Wildman–Crippen LogP) is 1.92. The van der Waals surface area contributed by atoms with Crippen LogP contribution < -0.4 is 5.32 Å². The number of hydrogen-bond acceptors (Lipinski definition) is 3.